The summed E-state index contributed by atoms with van der Waals surface area (Å²) in [6.45, 7) is 8.00. The lowest BCUT2D eigenvalue weighted by Crippen LogP contribution is -3.13. The highest BCUT2D eigenvalue weighted by Gasteiger charge is 2.29. The van der Waals surface area contributed by atoms with Gasteiger partial charge in [-0.3, -0.25) is 4.79 Å². The molecule has 19 heavy (non-hydrogen) atoms. The van der Waals surface area contributed by atoms with E-state index in [1.54, 1.807) is 12.0 Å². The van der Waals surface area contributed by atoms with Crippen LogP contribution in [0.2, 0.25) is 0 Å². The maximum Gasteiger partial charge on any atom is 0.150 e. The van der Waals surface area contributed by atoms with Crippen LogP contribution < -0.4 is 9.64 Å². The molecular weight excluding hydrogens is 238 g/mol. The molecule has 1 heterocycles. The number of likely N-dealkylation sites (tertiary alicyclic amines) is 1. The van der Waals surface area contributed by atoms with E-state index in [-0.39, 0.29) is 0 Å². The molecule has 0 amide bonds. The number of piperidine rings is 1. The van der Waals surface area contributed by atoms with Gasteiger partial charge < -0.3 is 9.64 Å². The molecular formula is C16H24NO2+. The third kappa shape index (κ3) is 3.57. The molecule has 0 radical (unpaired) electrons. The first-order chi connectivity index (χ1) is 9.04. The number of ether oxygens (including phenoxy) is 1. The molecule has 3 nitrogen and oxygen atoms in total. The van der Waals surface area contributed by atoms with Crippen LogP contribution in [0.3, 0.4) is 0 Å². The Morgan fingerprint density at radius 3 is 2.84 bits per heavy atom. The third-order valence-corrected chi connectivity index (χ3v) is 3.99. The third-order valence-electron chi connectivity index (χ3n) is 3.99. The van der Waals surface area contributed by atoms with Crippen LogP contribution in [0.25, 0.3) is 0 Å². The zero-order valence-electron chi connectivity index (χ0n) is 12.2. The first-order valence-electron chi connectivity index (χ1n) is 7.00. The van der Waals surface area contributed by atoms with Crippen LogP contribution in [0.1, 0.15) is 42.6 Å². The maximum absolute atomic E-state index is 10.9. The van der Waals surface area contributed by atoms with Crippen molar-refractivity contribution < 1.29 is 14.4 Å². The number of hydrogen-bond donors (Lipinski definition) is 1. The van der Waals surface area contributed by atoms with Crippen molar-refractivity contribution in [3.8, 4) is 5.75 Å². The average molecular weight is 262 g/mol. The Balaban J connectivity index is 2.15. The van der Waals surface area contributed by atoms with Crippen molar-refractivity contribution in [1.82, 2.24) is 0 Å². The van der Waals surface area contributed by atoms with Gasteiger partial charge in [-0.25, -0.2) is 0 Å². The van der Waals surface area contributed by atoms with E-state index in [1.807, 2.05) is 18.2 Å². The second-order valence-electron chi connectivity index (χ2n) is 6.31. The van der Waals surface area contributed by atoms with Crippen LogP contribution in [0, 0.1) is 5.41 Å². The van der Waals surface area contributed by atoms with E-state index in [0.717, 1.165) is 29.7 Å². The molecule has 3 heteroatoms. The van der Waals surface area contributed by atoms with Crippen molar-refractivity contribution in [1.29, 1.82) is 0 Å². The quantitative estimate of drug-likeness (QED) is 0.838. The van der Waals surface area contributed by atoms with E-state index in [0.29, 0.717) is 5.41 Å². The fraction of sp³-hybridized carbons (Fsp3) is 0.562. The van der Waals surface area contributed by atoms with Crippen LogP contribution >= 0.6 is 0 Å². The van der Waals surface area contributed by atoms with Crippen molar-refractivity contribution in [2.24, 2.45) is 5.41 Å². The number of carbonyl (C=O) groups excluding carboxylic acids is 1. The summed E-state index contributed by atoms with van der Waals surface area (Å²) in [5, 5.41) is 0. The van der Waals surface area contributed by atoms with Crippen LogP contribution in [0.15, 0.2) is 18.2 Å². The molecule has 1 fully saturated rings. The Morgan fingerprint density at radius 2 is 2.21 bits per heavy atom. The molecule has 0 spiro atoms. The van der Waals surface area contributed by atoms with Gasteiger partial charge >= 0.3 is 0 Å². The van der Waals surface area contributed by atoms with E-state index in [4.69, 9.17) is 4.74 Å². The van der Waals surface area contributed by atoms with Gasteiger partial charge in [-0.15, -0.1) is 0 Å². The summed E-state index contributed by atoms with van der Waals surface area (Å²) in [5.41, 5.74) is 2.29. The SMILES string of the molecule is COc1ccc(C=O)cc1C[NH+]1CCCC(C)(C)C1. The van der Waals surface area contributed by atoms with Crippen molar-refractivity contribution in [3.05, 3.63) is 29.3 Å². The minimum atomic E-state index is 0.420. The molecule has 1 N–H and O–H groups in total. The minimum absolute atomic E-state index is 0.420. The van der Waals surface area contributed by atoms with Gasteiger partial charge in [0.05, 0.1) is 20.2 Å². The highest BCUT2D eigenvalue weighted by molar-refractivity contribution is 5.75. The molecule has 0 aliphatic carbocycles. The highest BCUT2D eigenvalue weighted by Crippen LogP contribution is 2.23. The molecule has 1 saturated heterocycles. The predicted octanol–water partition coefficient (Wildman–Crippen LogP) is 1.71. The largest absolute Gasteiger partial charge is 0.496 e. The molecule has 1 aliphatic heterocycles. The Labute approximate surface area is 115 Å². The molecule has 1 unspecified atom stereocenters. The minimum Gasteiger partial charge on any atom is -0.496 e. The molecule has 1 aromatic carbocycles. The zero-order valence-corrected chi connectivity index (χ0v) is 12.2. The molecule has 2 rings (SSSR count). The van der Waals surface area contributed by atoms with Crippen molar-refractivity contribution in [2.75, 3.05) is 20.2 Å². The average Bonchev–Trinajstić information content (AvgIpc) is 2.37. The van der Waals surface area contributed by atoms with Crippen LogP contribution in [0.4, 0.5) is 0 Å². The first kappa shape index (κ1) is 14.1. The van der Waals surface area contributed by atoms with Gasteiger partial charge in [-0.05, 0) is 31.0 Å². The standard InChI is InChI=1S/C16H23NO2/c1-16(2)7-4-8-17(12-16)10-14-9-13(11-18)5-6-15(14)19-3/h5-6,9,11H,4,7-8,10,12H2,1-3H3/p+1. The van der Waals surface area contributed by atoms with Gasteiger partial charge in [0.15, 0.2) is 0 Å². The van der Waals surface area contributed by atoms with Gasteiger partial charge in [0.2, 0.25) is 0 Å². The van der Waals surface area contributed by atoms with Gasteiger partial charge in [-0.1, -0.05) is 13.8 Å². The smallest absolute Gasteiger partial charge is 0.150 e. The fourth-order valence-electron chi connectivity index (χ4n) is 3.10. The van der Waals surface area contributed by atoms with E-state index in [2.05, 4.69) is 13.8 Å². The van der Waals surface area contributed by atoms with Crippen molar-refractivity contribution in [3.63, 3.8) is 0 Å². The molecule has 0 bridgehead atoms. The molecule has 0 saturated carbocycles. The molecule has 104 valence electrons. The summed E-state index contributed by atoms with van der Waals surface area (Å²) in [7, 11) is 1.69. The first-order valence-corrected chi connectivity index (χ1v) is 7.00. The number of benzene rings is 1. The van der Waals surface area contributed by atoms with Gasteiger partial charge in [0.25, 0.3) is 0 Å². The number of methoxy groups -OCH3 is 1. The van der Waals surface area contributed by atoms with Gasteiger partial charge in [-0.2, -0.15) is 0 Å². The Bertz CT molecular complexity index is 454. The molecule has 1 aliphatic rings. The van der Waals surface area contributed by atoms with Crippen LogP contribution in [-0.2, 0) is 6.54 Å². The Kier molecular flexibility index (Phi) is 4.25. The number of nitrogens with one attached hydrogen (secondary N) is 1. The lowest BCUT2D eigenvalue weighted by Gasteiger charge is -2.35. The van der Waals surface area contributed by atoms with Gasteiger partial charge in [0, 0.05) is 16.5 Å². The summed E-state index contributed by atoms with van der Waals surface area (Å²) in [6.07, 6.45) is 3.48. The predicted molar refractivity (Wildman–Crippen MR) is 75.8 cm³/mol. The van der Waals surface area contributed by atoms with E-state index in [9.17, 15) is 4.79 Å². The summed E-state index contributed by atoms with van der Waals surface area (Å²) < 4.78 is 5.41. The highest BCUT2D eigenvalue weighted by atomic mass is 16.5. The second kappa shape index (κ2) is 5.74. The number of carbonyl (C=O) groups is 1. The zero-order chi connectivity index (χ0) is 13.9. The summed E-state index contributed by atoms with van der Waals surface area (Å²) >= 11 is 0. The summed E-state index contributed by atoms with van der Waals surface area (Å²) in [5.74, 6) is 0.890. The topological polar surface area (TPSA) is 30.7 Å². The Morgan fingerprint density at radius 1 is 1.42 bits per heavy atom. The van der Waals surface area contributed by atoms with Crippen LogP contribution in [-0.4, -0.2) is 26.5 Å². The molecule has 1 atom stereocenters. The normalized spacial score (nSPS) is 21.9. The van der Waals surface area contributed by atoms with E-state index in [1.165, 1.54) is 25.9 Å². The van der Waals surface area contributed by atoms with Crippen molar-refractivity contribution >= 4 is 6.29 Å². The van der Waals surface area contributed by atoms with E-state index >= 15 is 0 Å². The molecule has 0 aromatic heterocycles. The summed E-state index contributed by atoms with van der Waals surface area (Å²) in [4.78, 5) is 12.5. The Hall–Kier alpha value is -1.35. The lowest BCUT2D eigenvalue weighted by atomic mass is 9.84. The monoisotopic (exact) mass is 262 g/mol. The number of rotatable bonds is 4. The second-order valence-corrected chi connectivity index (χ2v) is 6.31. The maximum atomic E-state index is 10.9. The lowest BCUT2D eigenvalue weighted by molar-refractivity contribution is -0.925. The van der Waals surface area contributed by atoms with Crippen molar-refractivity contribution in [2.45, 2.75) is 33.2 Å². The fourth-order valence-corrected chi connectivity index (χ4v) is 3.10. The van der Waals surface area contributed by atoms with Gasteiger partial charge in [0.1, 0.15) is 18.6 Å². The summed E-state index contributed by atoms with van der Waals surface area (Å²) in [6, 6.07) is 5.67. The number of hydrogen-bond acceptors (Lipinski definition) is 2. The van der Waals surface area contributed by atoms with Crippen LogP contribution in [0.5, 0.6) is 5.75 Å². The number of quaternary nitrogens is 1. The molecule has 1 aromatic rings. The number of aldehydes is 1. The van der Waals surface area contributed by atoms with E-state index < -0.39 is 0 Å².